The van der Waals surface area contributed by atoms with Crippen molar-refractivity contribution in [1.29, 1.82) is 0 Å². The van der Waals surface area contributed by atoms with Gasteiger partial charge in [0.25, 0.3) is 0 Å². The van der Waals surface area contributed by atoms with Gasteiger partial charge < -0.3 is 15.4 Å². The van der Waals surface area contributed by atoms with Crippen LogP contribution in [0.3, 0.4) is 0 Å². The minimum atomic E-state index is -0.476. The average Bonchev–Trinajstić information content (AvgIpc) is 3.14. The molecular formula is C49H53N5O2. The van der Waals surface area contributed by atoms with Crippen molar-refractivity contribution < 1.29 is 9.53 Å². The van der Waals surface area contributed by atoms with Gasteiger partial charge in [0.05, 0.1) is 22.8 Å². The first kappa shape index (κ1) is 38.5. The Morgan fingerprint density at radius 1 is 0.571 bits per heavy atom. The molecule has 0 unspecified atom stereocenters. The van der Waals surface area contributed by atoms with E-state index in [1.54, 1.807) is 12.4 Å². The van der Waals surface area contributed by atoms with Gasteiger partial charge in [-0.2, -0.15) is 0 Å². The number of fused-ring (bicyclic) bond motifs is 2. The fourth-order valence-electron chi connectivity index (χ4n) is 7.13. The molecule has 56 heavy (non-hydrogen) atoms. The zero-order chi connectivity index (χ0) is 40.2. The highest BCUT2D eigenvalue weighted by atomic mass is 16.5. The molecule has 4 heterocycles. The highest BCUT2D eigenvalue weighted by Crippen LogP contribution is 2.53. The minimum absolute atomic E-state index is 0.0680. The van der Waals surface area contributed by atoms with Gasteiger partial charge in [-0.3, -0.25) is 9.97 Å². The van der Waals surface area contributed by atoms with E-state index in [1.165, 1.54) is 16.7 Å². The van der Waals surface area contributed by atoms with Gasteiger partial charge in [-0.05, 0) is 111 Å². The second kappa shape index (κ2) is 14.0. The van der Waals surface area contributed by atoms with E-state index in [0.29, 0.717) is 5.69 Å². The van der Waals surface area contributed by atoms with E-state index in [2.05, 4.69) is 139 Å². The molecule has 0 spiro atoms. The Morgan fingerprint density at radius 2 is 1.11 bits per heavy atom. The van der Waals surface area contributed by atoms with Crippen LogP contribution in [0.5, 0.6) is 11.5 Å². The summed E-state index contributed by atoms with van der Waals surface area (Å²) in [6, 6.07) is 32.4. The van der Waals surface area contributed by atoms with Gasteiger partial charge in [0.2, 0.25) is 0 Å². The van der Waals surface area contributed by atoms with Crippen LogP contribution in [0.2, 0.25) is 0 Å². The van der Waals surface area contributed by atoms with Crippen molar-refractivity contribution >= 4 is 17.4 Å². The van der Waals surface area contributed by atoms with Crippen molar-refractivity contribution in [1.82, 2.24) is 15.0 Å². The Kier molecular flexibility index (Phi) is 9.64. The van der Waals surface area contributed by atoms with Gasteiger partial charge in [-0.25, -0.2) is 9.78 Å². The van der Waals surface area contributed by atoms with E-state index >= 15 is 0 Å². The van der Waals surface area contributed by atoms with Crippen LogP contribution < -0.4 is 15.4 Å². The lowest BCUT2D eigenvalue weighted by atomic mass is 9.72. The Labute approximate surface area is 332 Å². The van der Waals surface area contributed by atoms with E-state index in [1.807, 2.05) is 54.6 Å². The molecule has 7 nitrogen and oxygen atoms in total. The molecule has 0 aliphatic carbocycles. The van der Waals surface area contributed by atoms with Crippen molar-refractivity contribution in [3.8, 4) is 45.4 Å². The topological polar surface area (TPSA) is 89.0 Å². The van der Waals surface area contributed by atoms with Crippen molar-refractivity contribution in [2.24, 2.45) is 0 Å². The standard InChI is InChI=1S/C49H53N5O2/c1-46(2,3)31-24-32(47(4,5)6)26-35(25-31)53-45(55)52-34-18-19-43-37(29-34)49(10,11)38-28-33(48(7,8)9)27-36(44(38)56-43)30-22-41(39-16-12-14-20-50-39)54-42(23-30)40-17-13-15-21-51-40/h12-29H,1-11H3,(H2,52,53,55). The van der Waals surface area contributed by atoms with Gasteiger partial charge in [0.15, 0.2) is 0 Å². The summed E-state index contributed by atoms with van der Waals surface area (Å²) in [5.41, 5.74) is 11.3. The summed E-state index contributed by atoms with van der Waals surface area (Å²) in [4.78, 5) is 27.9. The summed E-state index contributed by atoms with van der Waals surface area (Å²) in [5, 5.41) is 6.23. The van der Waals surface area contributed by atoms with Gasteiger partial charge in [0.1, 0.15) is 11.5 Å². The number of amides is 2. The lowest BCUT2D eigenvalue weighted by Gasteiger charge is -2.37. The molecule has 0 saturated carbocycles. The van der Waals surface area contributed by atoms with E-state index in [9.17, 15) is 4.79 Å². The van der Waals surface area contributed by atoms with E-state index < -0.39 is 5.41 Å². The zero-order valence-electron chi connectivity index (χ0n) is 34.6. The van der Waals surface area contributed by atoms with Crippen LogP contribution in [-0.2, 0) is 21.7 Å². The fourth-order valence-corrected chi connectivity index (χ4v) is 7.13. The third-order valence-electron chi connectivity index (χ3n) is 10.7. The molecule has 1 aliphatic rings. The largest absolute Gasteiger partial charge is 0.456 e. The summed E-state index contributed by atoms with van der Waals surface area (Å²) < 4.78 is 6.92. The number of carbonyl (C=O) groups excluding carboxylic acids is 1. The third kappa shape index (κ3) is 7.81. The first-order chi connectivity index (χ1) is 26.3. The summed E-state index contributed by atoms with van der Waals surface area (Å²) >= 11 is 0. The van der Waals surface area contributed by atoms with Crippen molar-refractivity contribution in [2.45, 2.75) is 97.8 Å². The molecule has 1 aliphatic heterocycles. The monoisotopic (exact) mass is 743 g/mol. The molecule has 0 radical (unpaired) electrons. The number of rotatable bonds is 5. The van der Waals surface area contributed by atoms with Crippen LogP contribution in [0.15, 0.2) is 109 Å². The maximum Gasteiger partial charge on any atom is 0.323 e. The summed E-state index contributed by atoms with van der Waals surface area (Å²) in [7, 11) is 0. The van der Waals surface area contributed by atoms with Gasteiger partial charge >= 0.3 is 6.03 Å². The lowest BCUT2D eigenvalue weighted by Crippen LogP contribution is -2.27. The molecule has 0 atom stereocenters. The second-order valence-corrected chi connectivity index (χ2v) is 18.5. The Morgan fingerprint density at radius 3 is 1.62 bits per heavy atom. The van der Waals surface area contributed by atoms with Crippen LogP contribution in [0.1, 0.15) is 104 Å². The number of pyridine rings is 3. The number of urea groups is 1. The summed E-state index contributed by atoms with van der Waals surface area (Å²) in [6.07, 6.45) is 3.57. The number of ether oxygens (including phenoxy) is 1. The van der Waals surface area contributed by atoms with E-state index in [4.69, 9.17) is 9.72 Å². The fraction of sp³-hybridized carbons (Fsp3) is 0.306. The van der Waals surface area contributed by atoms with Gasteiger partial charge in [-0.15, -0.1) is 0 Å². The Hall–Kier alpha value is -5.82. The number of carbonyl (C=O) groups is 1. The number of anilines is 2. The first-order valence-corrected chi connectivity index (χ1v) is 19.4. The zero-order valence-corrected chi connectivity index (χ0v) is 34.6. The van der Waals surface area contributed by atoms with Gasteiger partial charge in [0, 0.05) is 45.9 Å². The predicted octanol–water partition coefficient (Wildman–Crippen LogP) is 12.8. The van der Waals surface area contributed by atoms with Crippen molar-refractivity contribution in [2.75, 3.05) is 10.6 Å². The highest BCUT2D eigenvalue weighted by molar-refractivity contribution is 6.00. The van der Waals surface area contributed by atoms with Crippen LogP contribution in [0.4, 0.5) is 16.2 Å². The quantitative estimate of drug-likeness (QED) is 0.183. The molecule has 0 bridgehead atoms. The molecule has 3 aromatic heterocycles. The molecular weight excluding hydrogens is 691 g/mol. The molecule has 2 N–H and O–H groups in total. The molecule has 7 heteroatoms. The number of aromatic nitrogens is 3. The number of hydrogen-bond donors (Lipinski definition) is 2. The SMILES string of the molecule is CC(C)(C)c1cc(NC(=O)Nc2ccc3c(c2)C(C)(C)c2cc(C(C)(C)C)cc(-c4cc(-c5ccccn5)nc(-c5ccccn5)c4)c2O3)cc(C(C)(C)C)c1. The maximum absolute atomic E-state index is 13.6. The number of nitrogens with one attached hydrogen (secondary N) is 2. The molecule has 0 saturated heterocycles. The average molecular weight is 744 g/mol. The highest BCUT2D eigenvalue weighted by Gasteiger charge is 2.38. The third-order valence-corrected chi connectivity index (χ3v) is 10.7. The summed E-state index contributed by atoms with van der Waals surface area (Å²) in [5.74, 6) is 1.54. The van der Waals surface area contributed by atoms with E-state index in [-0.39, 0.29) is 22.3 Å². The molecule has 286 valence electrons. The molecule has 0 fully saturated rings. The summed E-state index contributed by atoms with van der Waals surface area (Å²) in [6.45, 7) is 24.3. The molecule has 6 aromatic rings. The number of nitrogens with zero attached hydrogens (tertiary/aromatic N) is 3. The Bertz CT molecular complexity index is 2340. The molecule has 2 amide bonds. The van der Waals surface area contributed by atoms with Crippen molar-refractivity contribution in [3.63, 3.8) is 0 Å². The molecule has 3 aromatic carbocycles. The second-order valence-electron chi connectivity index (χ2n) is 18.5. The first-order valence-electron chi connectivity index (χ1n) is 19.4. The maximum atomic E-state index is 13.6. The lowest BCUT2D eigenvalue weighted by molar-refractivity contribution is 0.262. The van der Waals surface area contributed by atoms with Crippen LogP contribution >= 0.6 is 0 Å². The van der Waals surface area contributed by atoms with Crippen molar-refractivity contribution in [3.05, 3.63) is 137 Å². The van der Waals surface area contributed by atoms with E-state index in [0.717, 1.165) is 62.2 Å². The smallest absolute Gasteiger partial charge is 0.323 e. The van der Waals surface area contributed by atoms with Gasteiger partial charge in [-0.1, -0.05) is 100 Å². The number of hydrogen-bond acceptors (Lipinski definition) is 5. The predicted molar refractivity (Wildman–Crippen MR) is 230 cm³/mol. The van der Waals surface area contributed by atoms with Crippen LogP contribution in [-0.4, -0.2) is 21.0 Å². The Balaban J connectivity index is 1.28. The normalized spacial score (nSPS) is 13.6. The van der Waals surface area contributed by atoms with Crippen LogP contribution in [0.25, 0.3) is 33.9 Å². The molecule has 7 rings (SSSR count). The minimum Gasteiger partial charge on any atom is -0.456 e. The number of benzene rings is 3. The van der Waals surface area contributed by atoms with Crippen LogP contribution in [0, 0.1) is 0 Å².